The number of rotatable bonds is 12. The van der Waals surface area contributed by atoms with Crippen molar-refractivity contribution in [2.75, 3.05) is 5.32 Å². The summed E-state index contributed by atoms with van der Waals surface area (Å²) in [6.45, 7) is 13.9. The van der Waals surface area contributed by atoms with Crippen LogP contribution in [0.25, 0.3) is 0 Å². The molecular weight excluding hydrogens is 558 g/mol. The summed E-state index contributed by atoms with van der Waals surface area (Å²) >= 11 is 0. The van der Waals surface area contributed by atoms with E-state index in [0.29, 0.717) is 34.9 Å². The second-order valence-electron chi connectivity index (χ2n) is 15.3. The lowest BCUT2D eigenvalue weighted by atomic mass is 9.75. The first-order valence-corrected chi connectivity index (χ1v) is 18.6. The van der Waals surface area contributed by atoms with Gasteiger partial charge in [-0.15, -0.1) is 0 Å². The second kappa shape index (κ2) is 16.5. The van der Waals surface area contributed by atoms with Gasteiger partial charge >= 0.3 is 0 Å². The molecule has 0 radical (unpaired) electrons. The van der Waals surface area contributed by atoms with Crippen molar-refractivity contribution in [3.63, 3.8) is 0 Å². The molecule has 3 aliphatic rings. The summed E-state index contributed by atoms with van der Waals surface area (Å²) in [6.07, 6.45) is 16.3. The average molecular weight is 622 g/mol. The van der Waals surface area contributed by atoms with Gasteiger partial charge in [0.05, 0.1) is 0 Å². The van der Waals surface area contributed by atoms with Gasteiger partial charge in [0.15, 0.2) is 0 Å². The van der Waals surface area contributed by atoms with Crippen LogP contribution < -0.4 is 11.1 Å². The van der Waals surface area contributed by atoms with Gasteiger partial charge in [-0.25, -0.2) is 0 Å². The SMILES string of the molecule is CCC(C)C1CCC(C(=O)Nc2cc(C(N)=O)cc(C(=O)N([C@H]3CC[C@@H](C(C)CC)CC3)[C@H]3CC[C@@H](C(C)CC)CC3)c2)CC1. The van der Waals surface area contributed by atoms with Crippen molar-refractivity contribution in [2.45, 2.75) is 150 Å². The van der Waals surface area contributed by atoms with Crippen molar-refractivity contribution in [1.29, 1.82) is 0 Å². The summed E-state index contributed by atoms with van der Waals surface area (Å²) < 4.78 is 0. The van der Waals surface area contributed by atoms with E-state index in [1.807, 2.05) is 0 Å². The molecule has 45 heavy (non-hydrogen) atoms. The lowest BCUT2D eigenvalue weighted by molar-refractivity contribution is -0.121. The zero-order valence-electron chi connectivity index (χ0n) is 29.3. The molecule has 3 N–H and O–H groups in total. The van der Waals surface area contributed by atoms with Gasteiger partial charge in [-0.3, -0.25) is 14.4 Å². The first kappa shape index (κ1) is 35.5. The third-order valence-electron chi connectivity index (χ3n) is 12.7. The van der Waals surface area contributed by atoms with Gasteiger partial charge in [0.1, 0.15) is 0 Å². The van der Waals surface area contributed by atoms with E-state index in [-0.39, 0.29) is 35.4 Å². The lowest BCUT2D eigenvalue weighted by Crippen LogP contribution is -2.50. The van der Waals surface area contributed by atoms with Gasteiger partial charge in [0.25, 0.3) is 5.91 Å². The third-order valence-corrected chi connectivity index (χ3v) is 12.7. The van der Waals surface area contributed by atoms with Crippen molar-refractivity contribution < 1.29 is 14.4 Å². The number of amides is 3. The van der Waals surface area contributed by atoms with E-state index in [0.717, 1.165) is 88.9 Å². The Labute approximate surface area is 274 Å². The van der Waals surface area contributed by atoms with E-state index in [2.05, 4.69) is 51.8 Å². The number of carbonyl (C=O) groups is 3. The number of nitrogens with one attached hydrogen (secondary N) is 1. The molecule has 252 valence electrons. The van der Waals surface area contributed by atoms with Crippen LogP contribution in [0.5, 0.6) is 0 Å². The molecule has 3 aliphatic carbocycles. The van der Waals surface area contributed by atoms with Crippen LogP contribution in [0.4, 0.5) is 5.69 Å². The van der Waals surface area contributed by atoms with Crippen LogP contribution in [-0.4, -0.2) is 34.7 Å². The molecule has 0 spiro atoms. The molecule has 0 aliphatic heterocycles. The summed E-state index contributed by atoms with van der Waals surface area (Å²) in [5, 5.41) is 3.09. The molecule has 1 aromatic rings. The van der Waals surface area contributed by atoms with Crippen molar-refractivity contribution in [1.82, 2.24) is 4.90 Å². The van der Waals surface area contributed by atoms with Crippen LogP contribution in [0.1, 0.15) is 159 Å². The van der Waals surface area contributed by atoms with Crippen molar-refractivity contribution in [3.8, 4) is 0 Å². The molecule has 3 fully saturated rings. The molecule has 3 amide bonds. The predicted octanol–water partition coefficient (Wildman–Crippen LogP) is 9.23. The van der Waals surface area contributed by atoms with E-state index < -0.39 is 5.91 Å². The average Bonchev–Trinajstić information content (AvgIpc) is 3.07. The molecular formula is C39H63N3O3. The fourth-order valence-electron chi connectivity index (χ4n) is 8.84. The highest BCUT2D eigenvalue weighted by Crippen LogP contribution is 2.40. The van der Waals surface area contributed by atoms with Crippen LogP contribution >= 0.6 is 0 Å². The number of nitrogens with zero attached hydrogens (tertiary/aromatic N) is 1. The number of carbonyl (C=O) groups excluding carboxylic acids is 3. The van der Waals surface area contributed by atoms with Crippen LogP contribution in [-0.2, 0) is 4.79 Å². The molecule has 0 bridgehead atoms. The first-order chi connectivity index (χ1) is 21.6. The smallest absolute Gasteiger partial charge is 0.254 e. The molecule has 4 rings (SSSR count). The van der Waals surface area contributed by atoms with Gasteiger partial charge in [-0.1, -0.05) is 60.8 Å². The highest BCUT2D eigenvalue weighted by atomic mass is 16.2. The number of benzene rings is 1. The molecule has 6 nitrogen and oxygen atoms in total. The maximum Gasteiger partial charge on any atom is 0.254 e. The largest absolute Gasteiger partial charge is 0.366 e. The Morgan fingerprint density at radius 2 is 1.07 bits per heavy atom. The van der Waals surface area contributed by atoms with Crippen LogP contribution in [0, 0.1) is 41.4 Å². The molecule has 0 saturated heterocycles. The maximum atomic E-state index is 14.6. The van der Waals surface area contributed by atoms with Gasteiger partial charge in [-0.05, 0) is 131 Å². The van der Waals surface area contributed by atoms with Crippen LogP contribution in [0.15, 0.2) is 18.2 Å². The summed E-state index contributed by atoms with van der Waals surface area (Å²) in [7, 11) is 0. The van der Waals surface area contributed by atoms with E-state index in [9.17, 15) is 14.4 Å². The standard InChI is InChI=1S/C39H63N3O3/c1-7-25(4)28-10-12-31(13-11-28)38(44)41-34-23-32(37(40)43)22-33(24-34)39(45)42(35-18-14-29(15-19-35)26(5)8-2)36-20-16-30(17-21-36)27(6)9-3/h22-31,35-36H,7-21H2,1-6H3,(H2,40,43)(H,41,44)/t25?,26?,27?,28?,29-,30-,31?,35+,36+. The summed E-state index contributed by atoms with van der Waals surface area (Å²) in [4.78, 5) is 42.7. The summed E-state index contributed by atoms with van der Waals surface area (Å²) in [6, 6.07) is 5.50. The minimum atomic E-state index is -0.580. The van der Waals surface area contributed by atoms with Crippen LogP contribution in [0.2, 0.25) is 0 Å². The van der Waals surface area contributed by atoms with Crippen LogP contribution in [0.3, 0.4) is 0 Å². The Bertz CT molecular complexity index is 1100. The second-order valence-corrected chi connectivity index (χ2v) is 15.3. The molecule has 3 unspecified atom stereocenters. The molecule has 3 saturated carbocycles. The monoisotopic (exact) mass is 621 g/mol. The number of hydrogen-bond donors (Lipinski definition) is 2. The summed E-state index contributed by atoms with van der Waals surface area (Å²) in [5.74, 6) is 3.61. The minimum absolute atomic E-state index is 0.0124. The molecule has 0 heterocycles. The zero-order valence-corrected chi connectivity index (χ0v) is 29.3. The van der Waals surface area contributed by atoms with Crippen molar-refractivity contribution >= 4 is 23.4 Å². The van der Waals surface area contributed by atoms with Crippen molar-refractivity contribution in [3.05, 3.63) is 29.3 Å². The summed E-state index contributed by atoms with van der Waals surface area (Å²) in [5.41, 5.74) is 7.03. The number of hydrogen-bond acceptors (Lipinski definition) is 3. The Hall–Kier alpha value is -2.37. The topological polar surface area (TPSA) is 92.5 Å². The van der Waals surface area contributed by atoms with Gasteiger partial charge < -0.3 is 16.0 Å². The Morgan fingerprint density at radius 3 is 1.47 bits per heavy atom. The molecule has 1 aromatic carbocycles. The van der Waals surface area contributed by atoms with E-state index in [4.69, 9.17) is 5.73 Å². The number of primary amides is 1. The first-order valence-electron chi connectivity index (χ1n) is 18.6. The normalized spacial score (nSPS) is 29.3. The van der Waals surface area contributed by atoms with Gasteiger partial charge in [0, 0.05) is 34.8 Å². The van der Waals surface area contributed by atoms with E-state index in [1.165, 1.54) is 19.3 Å². The molecule has 3 atom stereocenters. The number of anilines is 1. The van der Waals surface area contributed by atoms with E-state index in [1.54, 1.807) is 18.2 Å². The molecule has 0 aromatic heterocycles. The Kier molecular flexibility index (Phi) is 13.0. The van der Waals surface area contributed by atoms with Gasteiger partial charge in [-0.2, -0.15) is 0 Å². The predicted molar refractivity (Wildman–Crippen MR) is 185 cm³/mol. The number of nitrogens with two attached hydrogens (primary N) is 1. The highest BCUT2D eigenvalue weighted by Gasteiger charge is 2.38. The molecule has 6 heteroatoms. The van der Waals surface area contributed by atoms with E-state index >= 15 is 0 Å². The van der Waals surface area contributed by atoms with Gasteiger partial charge in [0.2, 0.25) is 11.8 Å². The lowest BCUT2D eigenvalue weighted by Gasteiger charge is -2.45. The third kappa shape index (κ3) is 8.92. The maximum absolute atomic E-state index is 14.6. The Morgan fingerprint density at radius 1 is 0.667 bits per heavy atom. The fourth-order valence-corrected chi connectivity index (χ4v) is 8.84. The minimum Gasteiger partial charge on any atom is -0.366 e. The highest BCUT2D eigenvalue weighted by molar-refractivity contribution is 6.02. The zero-order chi connectivity index (χ0) is 32.7. The van der Waals surface area contributed by atoms with Crippen molar-refractivity contribution in [2.24, 2.45) is 47.2 Å². The fraction of sp³-hybridized carbons (Fsp3) is 0.769. The Balaban J connectivity index is 1.55. The quantitative estimate of drug-likeness (QED) is 0.244.